The molecule has 0 aliphatic heterocycles. The average Bonchev–Trinajstić information content (AvgIpc) is 2.80. The smallest absolute Gasteiger partial charge is 0.0613 e. The number of hydrogen-bond donors (Lipinski definition) is 3. The van der Waals surface area contributed by atoms with Crippen molar-refractivity contribution in [3.63, 3.8) is 0 Å². The summed E-state index contributed by atoms with van der Waals surface area (Å²) in [5.74, 6) is 0.958. The summed E-state index contributed by atoms with van der Waals surface area (Å²) in [4.78, 5) is 0. The van der Waals surface area contributed by atoms with E-state index in [1.807, 2.05) is 0 Å². The second-order valence-electron chi connectivity index (χ2n) is 8.93. The van der Waals surface area contributed by atoms with E-state index in [2.05, 4.69) is 26.8 Å². The van der Waals surface area contributed by atoms with Gasteiger partial charge in [0, 0.05) is 6.61 Å². The molecule has 0 amide bonds. The van der Waals surface area contributed by atoms with Crippen molar-refractivity contribution < 1.29 is 15.3 Å². The highest BCUT2D eigenvalue weighted by atomic mass is 16.3. The highest BCUT2D eigenvalue weighted by molar-refractivity contribution is 5.23. The minimum absolute atomic E-state index is 0.0409. The molecule has 0 aromatic carbocycles. The van der Waals surface area contributed by atoms with Crippen LogP contribution >= 0.6 is 0 Å². The molecular weight excluding hydrogens is 288 g/mol. The van der Waals surface area contributed by atoms with Gasteiger partial charge in [0.05, 0.1) is 12.2 Å². The molecule has 0 heterocycles. The lowest BCUT2D eigenvalue weighted by molar-refractivity contribution is -0.123. The third-order valence-corrected chi connectivity index (χ3v) is 8.03. The van der Waals surface area contributed by atoms with E-state index in [1.165, 1.54) is 5.57 Å². The molecule has 0 saturated heterocycles. The number of fused-ring (bicyclic) bond motifs is 1. The molecule has 3 N–H and O–H groups in total. The van der Waals surface area contributed by atoms with Gasteiger partial charge in [0.2, 0.25) is 0 Å². The Bertz CT molecular complexity index is 474. The molecule has 0 aromatic heterocycles. The first-order valence-electron chi connectivity index (χ1n) is 9.47. The van der Waals surface area contributed by atoms with Gasteiger partial charge in [0.15, 0.2) is 0 Å². The Balaban J connectivity index is 1.83. The highest BCUT2D eigenvalue weighted by Gasteiger charge is 2.55. The average molecular weight is 322 g/mol. The molecule has 2 saturated carbocycles. The summed E-state index contributed by atoms with van der Waals surface area (Å²) in [6.07, 6.45) is 8.38. The van der Waals surface area contributed by atoms with Gasteiger partial charge in [-0.2, -0.15) is 0 Å². The van der Waals surface area contributed by atoms with E-state index >= 15 is 0 Å². The van der Waals surface area contributed by atoms with Gasteiger partial charge in [-0.1, -0.05) is 25.5 Å². The maximum absolute atomic E-state index is 11.2. The summed E-state index contributed by atoms with van der Waals surface area (Å²) in [6.45, 7) is 7.04. The second kappa shape index (κ2) is 6.16. The van der Waals surface area contributed by atoms with Gasteiger partial charge in [-0.05, 0) is 80.5 Å². The molecule has 3 heteroatoms. The summed E-state index contributed by atoms with van der Waals surface area (Å²) in [6, 6.07) is 0. The van der Waals surface area contributed by atoms with Crippen molar-refractivity contribution in [2.75, 3.05) is 6.61 Å². The van der Waals surface area contributed by atoms with Crippen LogP contribution in [0, 0.1) is 28.6 Å². The van der Waals surface area contributed by atoms with Crippen LogP contribution in [0.25, 0.3) is 0 Å². The Labute approximate surface area is 140 Å². The number of rotatable bonds is 3. The molecular formula is C20H34O3. The minimum atomic E-state index is -0.260. The van der Waals surface area contributed by atoms with Crippen molar-refractivity contribution >= 4 is 0 Å². The van der Waals surface area contributed by atoms with Crippen LogP contribution in [-0.4, -0.2) is 34.1 Å². The first-order chi connectivity index (χ1) is 10.8. The summed E-state index contributed by atoms with van der Waals surface area (Å²) in [5, 5.41) is 30.8. The van der Waals surface area contributed by atoms with Crippen LogP contribution in [0.3, 0.4) is 0 Å². The van der Waals surface area contributed by atoms with E-state index < -0.39 is 0 Å². The molecule has 2 fully saturated rings. The van der Waals surface area contributed by atoms with Crippen LogP contribution in [-0.2, 0) is 0 Å². The fraction of sp³-hybridized carbons (Fsp3) is 0.900. The van der Waals surface area contributed by atoms with E-state index in [0.29, 0.717) is 17.8 Å². The largest absolute Gasteiger partial charge is 0.396 e. The van der Waals surface area contributed by atoms with Gasteiger partial charge in [-0.3, -0.25) is 0 Å². The quantitative estimate of drug-likeness (QED) is 0.699. The van der Waals surface area contributed by atoms with Crippen molar-refractivity contribution in [3.8, 4) is 0 Å². The van der Waals surface area contributed by atoms with Gasteiger partial charge < -0.3 is 15.3 Å². The normalized spacial score (nSPS) is 50.5. The molecule has 0 bridgehead atoms. The highest BCUT2D eigenvalue weighted by Crippen LogP contribution is 2.60. The van der Waals surface area contributed by atoms with Gasteiger partial charge in [-0.25, -0.2) is 0 Å². The lowest BCUT2D eigenvalue weighted by Gasteiger charge is -2.55. The van der Waals surface area contributed by atoms with Crippen molar-refractivity contribution in [2.24, 2.45) is 28.6 Å². The first kappa shape index (κ1) is 17.4. The van der Waals surface area contributed by atoms with Crippen molar-refractivity contribution in [3.05, 3.63) is 11.6 Å². The summed E-state index contributed by atoms with van der Waals surface area (Å²) < 4.78 is 0. The van der Waals surface area contributed by atoms with Crippen LogP contribution < -0.4 is 0 Å². The van der Waals surface area contributed by atoms with Gasteiger partial charge in [0.25, 0.3) is 0 Å². The van der Waals surface area contributed by atoms with Gasteiger partial charge in [-0.15, -0.1) is 0 Å². The Morgan fingerprint density at radius 2 is 1.87 bits per heavy atom. The number of aliphatic hydroxyl groups excluding tert-OH is 3. The van der Waals surface area contributed by atoms with Crippen molar-refractivity contribution in [1.29, 1.82) is 0 Å². The predicted molar refractivity (Wildman–Crippen MR) is 91.9 cm³/mol. The van der Waals surface area contributed by atoms with Crippen LogP contribution in [0.15, 0.2) is 11.6 Å². The third kappa shape index (κ3) is 2.69. The lowest BCUT2D eigenvalue weighted by atomic mass is 9.51. The predicted octanol–water partition coefficient (Wildman–Crippen LogP) is 3.28. The molecule has 3 rings (SSSR count). The second-order valence-corrected chi connectivity index (χ2v) is 8.93. The third-order valence-electron chi connectivity index (χ3n) is 8.03. The lowest BCUT2D eigenvalue weighted by Crippen LogP contribution is -2.53. The van der Waals surface area contributed by atoms with Crippen LogP contribution in [0.4, 0.5) is 0 Å². The van der Waals surface area contributed by atoms with E-state index in [0.717, 1.165) is 44.9 Å². The van der Waals surface area contributed by atoms with E-state index in [9.17, 15) is 15.3 Å². The van der Waals surface area contributed by atoms with Gasteiger partial charge >= 0.3 is 0 Å². The molecule has 0 spiro atoms. The standard InChI is InChI=1S/C20H34O3/c1-13-4-5-16-18(23)17(7-10-19(13,16)2)20(3)9-6-15(22)12-14(20)8-11-21/h4,14-18,21-23H,5-12H2,1-3H3/t14-,15-,16?,17?,18+,19-,20-/m0/s1. The molecule has 0 radical (unpaired) electrons. The minimum Gasteiger partial charge on any atom is -0.396 e. The zero-order chi connectivity index (χ0) is 16.8. The molecule has 7 atom stereocenters. The van der Waals surface area contributed by atoms with E-state index in [-0.39, 0.29) is 29.6 Å². The van der Waals surface area contributed by atoms with Crippen molar-refractivity contribution in [2.45, 2.75) is 77.9 Å². The van der Waals surface area contributed by atoms with Gasteiger partial charge in [0.1, 0.15) is 0 Å². The van der Waals surface area contributed by atoms with Crippen LogP contribution in [0.1, 0.15) is 65.7 Å². The zero-order valence-corrected chi connectivity index (χ0v) is 15.0. The Hall–Kier alpha value is -0.380. The monoisotopic (exact) mass is 322 g/mol. The van der Waals surface area contributed by atoms with Crippen LogP contribution in [0.2, 0.25) is 0 Å². The fourth-order valence-corrected chi connectivity index (χ4v) is 6.10. The topological polar surface area (TPSA) is 60.7 Å². The Morgan fingerprint density at radius 3 is 2.57 bits per heavy atom. The molecule has 2 unspecified atom stereocenters. The summed E-state index contributed by atoms with van der Waals surface area (Å²) in [5.41, 5.74) is 1.67. The first-order valence-corrected chi connectivity index (χ1v) is 9.47. The van der Waals surface area contributed by atoms with Crippen molar-refractivity contribution in [1.82, 2.24) is 0 Å². The SMILES string of the molecule is CC1=CCC2[C@@H](O)C([C@@]3(C)CC[C@H](O)C[C@@H]3CCO)CC[C@@]12C. The van der Waals surface area contributed by atoms with E-state index in [4.69, 9.17) is 0 Å². The maximum Gasteiger partial charge on any atom is 0.0613 e. The molecule has 0 aromatic rings. The number of aliphatic hydroxyl groups is 3. The zero-order valence-electron chi connectivity index (χ0n) is 15.0. The molecule has 3 aliphatic carbocycles. The maximum atomic E-state index is 11.2. The molecule has 3 aliphatic rings. The molecule has 23 heavy (non-hydrogen) atoms. The summed E-state index contributed by atoms with van der Waals surface area (Å²) in [7, 11) is 0. The Kier molecular flexibility index (Phi) is 4.67. The molecule has 132 valence electrons. The number of allylic oxidation sites excluding steroid dienone is 2. The number of hydrogen-bond acceptors (Lipinski definition) is 3. The molecule has 3 nitrogen and oxygen atoms in total. The van der Waals surface area contributed by atoms with E-state index in [1.54, 1.807) is 0 Å². The summed E-state index contributed by atoms with van der Waals surface area (Å²) >= 11 is 0. The van der Waals surface area contributed by atoms with Crippen LogP contribution in [0.5, 0.6) is 0 Å². The Morgan fingerprint density at radius 1 is 1.13 bits per heavy atom. The fourth-order valence-electron chi connectivity index (χ4n) is 6.10.